The fraction of sp³-hybridized carbons (Fsp3) is 0.240. The Bertz CT molecular complexity index is 1280. The number of nitrogens with zero attached hydrogens (tertiary/aromatic N) is 5. The Kier molecular flexibility index (Phi) is 7.41. The standard InChI is InChI=1S/C25H28F2N8O/c1-33(2)13-5-12-29-25(36)17-10-8-16(9-11-17)18-14-19(23(28)30-15-18)24-31-32-34(3)35(24)21-7-4-6-20(26)22(21)27/h4,6-11,14-15,32H,5,12-13H2,1-3H3,(H2,28,30)(H,29,36). The molecular weight excluding hydrogens is 466 g/mol. The molecule has 0 atom stereocenters. The van der Waals surface area contributed by atoms with Crippen LogP contribution in [0.25, 0.3) is 11.1 Å². The number of carbonyl (C=O) groups is 1. The third-order valence-electron chi connectivity index (χ3n) is 5.67. The lowest BCUT2D eigenvalue weighted by molar-refractivity contribution is 0.0952. The number of hydrazine groups is 2. The van der Waals surface area contributed by atoms with Crippen molar-refractivity contribution in [1.82, 2.24) is 25.9 Å². The minimum Gasteiger partial charge on any atom is -0.383 e. The lowest BCUT2D eigenvalue weighted by Crippen LogP contribution is -2.44. The van der Waals surface area contributed by atoms with Gasteiger partial charge in [-0.2, -0.15) is 0 Å². The minimum absolute atomic E-state index is 0.0352. The summed E-state index contributed by atoms with van der Waals surface area (Å²) < 4.78 is 28.5. The van der Waals surface area contributed by atoms with Gasteiger partial charge in [-0.3, -0.25) is 4.79 Å². The molecule has 3 aromatic rings. The van der Waals surface area contributed by atoms with Crippen molar-refractivity contribution >= 4 is 23.2 Å². The first kappa shape index (κ1) is 25.0. The Balaban J connectivity index is 1.56. The molecule has 0 spiro atoms. The number of halogens is 2. The quantitative estimate of drug-likeness (QED) is 0.414. The second-order valence-electron chi connectivity index (χ2n) is 8.59. The normalized spacial score (nSPS) is 13.6. The number of anilines is 2. The van der Waals surface area contributed by atoms with Crippen LogP contribution in [0.4, 0.5) is 20.3 Å². The number of nitrogens with one attached hydrogen (secondary N) is 2. The van der Waals surface area contributed by atoms with Crippen LogP contribution in [0.2, 0.25) is 0 Å². The van der Waals surface area contributed by atoms with Crippen LogP contribution in [0, 0.1) is 11.6 Å². The minimum atomic E-state index is -1.01. The van der Waals surface area contributed by atoms with E-state index in [1.165, 1.54) is 22.3 Å². The maximum atomic E-state index is 14.6. The van der Waals surface area contributed by atoms with Gasteiger partial charge in [0.15, 0.2) is 17.5 Å². The predicted octanol–water partition coefficient (Wildman–Crippen LogP) is 2.82. The lowest BCUT2D eigenvalue weighted by atomic mass is 10.0. The van der Waals surface area contributed by atoms with Crippen LogP contribution >= 0.6 is 0 Å². The fourth-order valence-electron chi connectivity index (χ4n) is 3.79. The van der Waals surface area contributed by atoms with Crippen molar-refractivity contribution in [1.29, 1.82) is 0 Å². The molecule has 0 aliphatic carbocycles. The maximum Gasteiger partial charge on any atom is 0.251 e. The summed E-state index contributed by atoms with van der Waals surface area (Å²) in [4.78, 5) is 18.8. The fourth-order valence-corrected chi connectivity index (χ4v) is 3.79. The first-order chi connectivity index (χ1) is 17.3. The Morgan fingerprint density at radius 3 is 2.61 bits per heavy atom. The zero-order valence-corrected chi connectivity index (χ0v) is 20.3. The van der Waals surface area contributed by atoms with Crippen LogP contribution in [0.15, 0.2) is 59.8 Å². The second-order valence-corrected chi connectivity index (χ2v) is 8.59. The van der Waals surface area contributed by atoms with Gasteiger partial charge in [0.1, 0.15) is 11.5 Å². The zero-order chi connectivity index (χ0) is 25.8. The first-order valence-electron chi connectivity index (χ1n) is 11.4. The van der Waals surface area contributed by atoms with E-state index in [2.05, 4.69) is 25.8 Å². The van der Waals surface area contributed by atoms with Crippen LogP contribution in [0.5, 0.6) is 0 Å². The van der Waals surface area contributed by atoms with E-state index in [0.717, 1.165) is 24.6 Å². The molecule has 1 aliphatic rings. The highest BCUT2D eigenvalue weighted by Crippen LogP contribution is 2.29. The molecule has 1 aromatic heterocycles. The topological polar surface area (TPSA) is 102 Å². The van der Waals surface area contributed by atoms with Crippen molar-refractivity contribution in [3.05, 3.63) is 77.5 Å². The van der Waals surface area contributed by atoms with Gasteiger partial charge in [0, 0.05) is 30.9 Å². The van der Waals surface area contributed by atoms with Crippen molar-refractivity contribution in [3.63, 3.8) is 0 Å². The monoisotopic (exact) mass is 494 g/mol. The second kappa shape index (κ2) is 10.7. The van der Waals surface area contributed by atoms with Gasteiger partial charge >= 0.3 is 0 Å². The van der Waals surface area contributed by atoms with E-state index in [1.54, 1.807) is 31.4 Å². The van der Waals surface area contributed by atoms with Gasteiger partial charge in [0.05, 0.1) is 5.56 Å². The van der Waals surface area contributed by atoms with Crippen LogP contribution in [0.1, 0.15) is 22.3 Å². The molecule has 0 saturated carbocycles. The summed E-state index contributed by atoms with van der Waals surface area (Å²) in [6.07, 6.45) is 2.47. The molecule has 0 unspecified atom stereocenters. The number of nitrogens with two attached hydrogens (primary N) is 1. The third kappa shape index (κ3) is 5.26. The zero-order valence-electron chi connectivity index (χ0n) is 20.3. The Hall–Kier alpha value is -4.09. The van der Waals surface area contributed by atoms with Crippen LogP contribution < -0.4 is 21.6 Å². The lowest BCUT2D eigenvalue weighted by Gasteiger charge is -2.26. The van der Waals surface area contributed by atoms with Gasteiger partial charge in [-0.25, -0.2) is 24.3 Å². The number of nitrogen functional groups attached to an aromatic ring is 1. The summed E-state index contributed by atoms with van der Waals surface area (Å²) in [5.74, 6) is -1.71. The number of amidine groups is 1. The summed E-state index contributed by atoms with van der Waals surface area (Å²) in [6.45, 7) is 1.49. The molecule has 1 aliphatic heterocycles. The number of aromatic nitrogens is 1. The van der Waals surface area contributed by atoms with E-state index in [1.807, 2.05) is 26.2 Å². The highest BCUT2D eigenvalue weighted by atomic mass is 19.2. The smallest absolute Gasteiger partial charge is 0.251 e. The van der Waals surface area contributed by atoms with Crippen molar-refractivity contribution in [2.75, 3.05) is 45.0 Å². The number of hydrazone groups is 1. The van der Waals surface area contributed by atoms with E-state index >= 15 is 0 Å². The van der Waals surface area contributed by atoms with Crippen molar-refractivity contribution in [2.45, 2.75) is 6.42 Å². The summed E-state index contributed by atoms with van der Waals surface area (Å²) in [6, 6.07) is 12.8. The Morgan fingerprint density at radius 2 is 1.89 bits per heavy atom. The molecule has 0 bridgehead atoms. The molecule has 0 fully saturated rings. The number of carbonyl (C=O) groups excluding carboxylic acids is 1. The molecule has 36 heavy (non-hydrogen) atoms. The van der Waals surface area contributed by atoms with E-state index < -0.39 is 11.6 Å². The third-order valence-corrected chi connectivity index (χ3v) is 5.67. The SMILES string of the molecule is CN(C)CCCNC(=O)c1ccc(-c2cnc(N)c(C3=NNN(C)N3c3cccc(F)c3F)c2)cc1. The molecule has 2 aromatic carbocycles. The van der Waals surface area contributed by atoms with E-state index in [4.69, 9.17) is 5.73 Å². The molecule has 1 amide bonds. The van der Waals surface area contributed by atoms with E-state index in [-0.39, 0.29) is 23.2 Å². The summed E-state index contributed by atoms with van der Waals surface area (Å²) in [5, 5.41) is 9.95. The van der Waals surface area contributed by atoms with Crippen LogP contribution in [0.3, 0.4) is 0 Å². The molecule has 11 heteroatoms. The Labute approximate surface area is 208 Å². The highest BCUT2D eigenvalue weighted by molar-refractivity contribution is 6.13. The number of pyridine rings is 1. The number of hydrogen-bond acceptors (Lipinski definition) is 8. The average molecular weight is 495 g/mol. The molecule has 4 rings (SSSR count). The van der Waals surface area contributed by atoms with Gasteiger partial charge in [-0.15, -0.1) is 10.2 Å². The van der Waals surface area contributed by atoms with E-state index in [0.29, 0.717) is 23.2 Å². The maximum absolute atomic E-state index is 14.6. The van der Waals surface area contributed by atoms with Crippen molar-refractivity contribution < 1.29 is 13.6 Å². The number of hydrogen-bond donors (Lipinski definition) is 3. The molecule has 188 valence electrons. The average Bonchev–Trinajstić information content (AvgIpc) is 3.24. The van der Waals surface area contributed by atoms with Gasteiger partial charge in [0.2, 0.25) is 0 Å². The molecule has 0 saturated heterocycles. The van der Waals surface area contributed by atoms with Gasteiger partial charge in [-0.05, 0) is 63.0 Å². The van der Waals surface area contributed by atoms with Crippen LogP contribution in [-0.2, 0) is 0 Å². The predicted molar refractivity (Wildman–Crippen MR) is 136 cm³/mol. The summed E-state index contributed by atoms with van der Waals surface area (Å²) in [5.41, 5.74) is 11.3. The van der Waals surface area contributed by atoms with Crippen molar-refractivity contribution in [2.24, 2.45) is 5.10 Å². The highest BCUT2D eigenvalue weighted by Gasteiger charge is 2.30. The van der Waals surface area contributed by atoms with Gasteiger partial charge in [0.25, 0.3) is 5.91 Å². The number of amides is 1. The molecule has 2 heterocycles. The van der Waals surface area contributed by atoms with Crippen LogP contribution in [-0.4, -0.2) is 61.0 Å². The molecule has 0 radical (unpaired) electrons. The number of rotatable bonds is 8. The number of benzene rings is 2. The van der Waals surface area contributed by atoms with Gasteiger partial charge < -0.3 is 16.0 Å². The first-order valence-corrected chi connectivity index (χ1v) is 11.4. The molecule has 4 N–H and O–H groups in total. The summed E-state index contributed by atoms with van der Waals surface area (Å²) >= 11 is 0. The van der Waals surface area contributed by atoms with Gasteiger partial charge in [-0.1, -0.05) is 18.2 Å². The van der Waals surface area contributed by atoms with E-state index in [9.17, 15) is 13.6 Å². The van der Waals surface area contributed by atoms with Crippen molar-refractivity contribution in [3.8, 4) is 11.1 Å². The Morgan fingerprint density at radius 1 is 1.14 bits per heavy atom. The summed E-state index contributed by atoms with van der Waals surface area (Å²) in [7, 11) is 5.59. The molecular formula is C25H28F2N8O. The largest absolute Gasteiger partial charge is 0.383 e. The molecule has 9 nitrogen and oxygen atoms in total.